The number of allylic oxidation sites excluding steroid dienone is 3. The van der Waals surface area contributed by atoms with Crippen LogP contribution in [0.1, 0.15) is 0 Å². The maximum absolute atomic E-state index is 11.8. The van der Waals surface area contributed by atoms with Gasteiger partial charge in [0.15, 0.2) is 0 Å². The van der Waals surface area contributed by atoms with Gasteiger partial charge in [-0.15, -0.1) is 0 Å². The molecule has 0 aromatic rings. The molecule has 0 unspecified atom stereocenters. The molecule has 0 atom stereocenters. The smallest absolute Gasteiger partial charge is 0.415 e. The molecule has 1 nitrogen and oxygen atoms in total. The van der Waals surface area contributed by atoms with Crippen molar-refractivity contribution in [2.45, 2.75) is 6.18 Å². The highest BCUT2D eigenvalue weighted by Gasteiger charge is 2.30. The van der Waals surface area contributed by atoms with Crippen molar-refractivity contribution in [1.29, 1.82) is 0 Å². The Labute approximate surface area is 76.0 Å². The number of aliphatic hydroxyl groups excluding tert-OH is 1. The molecule has 0 rings (SSSR count). The molecule has 0 heterocycles. The van der Waals surface area contributed by atoms with Crippen molar-refractivity contribution in [2.75, 3.05) is 0 Å². The van der Waals surface area contributed by atoms with E-state index in [1.807, 2.05) is 0 Å². The van der Waals surface area contributed by atoms with Gasteiger partial charge in [-0.2, -0.15) is 13.2 Å². The van der Waals surface area contributed by atoms with Crippen LogP contribution < -0.4 is 0 Å². The van der Waals surface area contributed by atoms with Crippen molar-refractivity contribution in [3.05, 3.63) is 35.0 Å². The fourth-order valence-corrected chi connectivity index (χ4v) is 0.594. The summed E-state index contributed by atoms with van der Waals surface area (Å²) in [7, 11) is 0. The van der Waals surface area contributed by atoms with Crippen molar-refractivity contribution < 1.29 is 18.3 Å². The molecule has 0 aliphatic heterocycles. The lowest BCUT2D eigenvalue weighted by Gasteiger charge is -2.05. The van der Waals surface area contributed by atoms with Crippen LogP contribution in [0, 0.1) is 0 Å². The predicted molar refractivity (Wildman–Crippen MR) is 44.0 cm³/mol. The highest BCUT2D eigenvalue weighted by Crippen LogP contribution is 2.27. The minimum atomic E-state index is -4.48. The highest BCUT2D eigenvalue weighted by atomic mass is 79.9. The quantitative estimate of drug-likeness (QED) is 0.581. The van der Waals surface area contributed by atoms with Crippen molar-refractivity contribution in [3.8, 4) is 0 Å². The van der Waals surface area contributed by atoms with Gasteiger partial charge in [0.2, 0.25) is 0 Å². The summed E-state index contributed by atoms with van der Waals surface area (Å²) in [5, 5.41) is 8.62. The largest absolute Gasteiger partial charge is 0.507 e. The Morgan fingerprint density at radius 1 is 1.33 bits per heavy atom. The Morgan fingerprint density at radius 2 is 1.75 bits per heavy atom. The molecule has 1 N–H and O–H groups in total. The van der Waals surface area contributed by atoms with E-state index >= 15 is 0 Å². The SMILES string of the molecule is C=C(O)/C(Br)=C\C(=C)C(F)(F)F. The molecule has 0 fully saturated rings. The normalized spacial score (nSPS) is 12.8. The first-order valence-corrected chi connectivity index (χ1v) is 3.56. The Kier molecular flexibility index (Phi) is 3.57. The number of rotatable bonds is 2. The molecule has 0 saturated heterocycles. The maximum Gasteiger partial charge on any atom is 0.415 e. The lowest BCUT2D eigenvalue weighted by molar-refractivity contribution is -0.0878. The van der Waals surface area contributed by atoms with Crippen LogP contribution in [0.4, 0.5) is 13.2 Å². The average molecular weight is 243 g/mol. The predicted octanol–water partition coefficient (Wildman–Crippen LogP) is 3.46. The maximum atomic E-state index is 11.8. The van der Waals surface area contributed by atoms with Crippen LogP contribution >= 0.6 is 15.9 Å². The van der Waals surface area contributed by atoms with Gasteiger partial charge >= 0.3 is 6.18 Å². The van der Waals surface area contributed by atoms with Gasteiger partial charge in [-0.05, 0) is 22.0 Å². The summed E-state index contributed by atoms with van der Waals surface area (Å²) in [6, 6.07) is 0. The van der Waals surface area contributed by atoms with Gasteiger partial charge in [0.25, 0.3) is 0 Å². The van der Waals surface area contributed by atoms with E-state index in [1.54, 1.807) is 0 Å². The monoisotopic (exact) mass is 242 g/mol. The Balaban J connectivity index is 4.57. The van der Waals surface area contributed by atoms with Crippen LogP contribution in [0.15, 0.2) is 35.0 Å². The first-order valence-electron chi connectivity index (χ1n) is 2.76. The van der Waals surface area contributed by atoms with E-state index in [2.05, 4.69) is 29.1 Å². The molecule has 0 aliphatic rings. The Bertz CT molecular complexity index is 240. The molecule has 0 aromatic carbocycles. The molecule has 0 aliphatic carbocycles. The second-order valence-electron chi connectivity index (χ2n) is 1.96. The standard InChI is InChI=1S/C7H6BrF3O/c1-4(7(9,10)11)3-6(8)5(2)12/h3,12H,1-2H2/b6-3+. The lowest BCUT2D eigenvalue weighted by Crippen LogP contribution is -2.08. The summed E-state index contributed by atoms with van der Waals surface area (Å²) < 4.78 is 35.3. The zero-order valence-electron chi connectivity index (χ0n) is 5.95. The molecule has 0 bridgehead atoms. The Morgan fingerprint density at radius 3 is 2.00 bits per heavy atom. The lowest BCUT2D eigenvalue weighted by atomic mass is 10.2. The van der Waals surface area contributed by atoms with Crippen LogP contribution in [0.25, 0.3) is 0 Å². The summed E-state index contributed by atoms with van der Waals surface area (Å²) in [6.07, 6.45) is -3.82. The van der Waals surface area contributed by atoms with Gasteiger partial charge in [0.1, 0.15) is 5.76 Å². The molecule has 68 valence electrons. The van der Waals surface area contributed by atoms with Crippen LogP contribution in [0.5, 0.6) is 0 Å². The van der Waals surface area contributed by atoms with E-state index in [9.17, 15) is 13.2 Å². The Hall–Kier alpha value is -0.710. The van der Waals surface area contributed by atoms with E-state index in [4.69, 9.17) is 5.11 Å². The van der Waals surface area contributed by atoms with E-state index in [-0.39, 0.29) is 4.48 Å². The van der Waals surface area contributed by atoms with E-state index in [0.717, 1.165) is 0 Å². The summed E-state index contributed by atoms with van der Waals surface area (Å²) >= 11 is 2.69. The number of hydrogen-bond acceptors (Lipinski definition) is 1. The van der Waals surface area contributed by atoms with E-state index < -0.39 is 17.5 Å². The highest BCUT2D eigenvalue weighted by molar-refractivity contribution is 9.11. The van der Waals surface area contributed by atoms with Crippen molar-refractivity contribution in [1.82, 2.24) is 0 Å². The molecule has 0 spiro atoms. The van der Waals surface area contributed by atoms with Crippen LogP contribution in [0.3, 0.4) is 0 Å². The summed E-state index contributed by atoms with van der Waals surface area (Å²) in [5.74, 6) is -0.472. The number of hydrogen-bond donors (Lipinski definition) is 1. The minimum absolute atomic E-state index is 0.134. The second kappa shape index (κ2) is 3.80. The van der Waals surface area contributed by atoms with Gasteiger partial charge in [-0.3, -0.25) is 0 Å². The van der Waals surface area contributed by atoms with E-state index in [1.165, 1.54) is 0 Å². The van der Waals surface area contributed by atoms with E-state index in [0.29, 0.717) is 6.08 Å². The fraction of sp³-hybridized carbons (Fsp3) is 0.143. The molecule has 5 heteroatoms. The van der Waals surface area contributed by atoms with Crippen molar-refractivity contribution >= 4 is 15.9 Å². The number of alkyl halides is 3. The molecule has 0 radical (unpaired) electrons. The van der Waals surface area contributed by atoms with Gasteiger partial charge < -0.3 is 5.11 Å². The van der Waals surface area contributed by atoms with Crippen LogP contribution in [0.2, 0.25) is 0 Å². The van der Waals surface area contributed by atoms with Crippen LogP contribution in [-0.4, -0.2) is 11.3 Å². The molecule has 0 saturated carbocycles. The third-order valence-electron chi connectivity index (χ3n) is 0.941. The van der Waals surface area contributed by atoms with Crippen molar-refractivity contribution in [2.24, 2.45) is 0 Å². The summed E-state index contributed by atoms with van der Waals surface area (Å²) in [4.78, 5) is 0. The third kappa shape index (κ3) is 3.61. The molecule has 12 heavy (non-hydrogen) atoms. The van der Waals surface area contributed by atoms with Gasteiger partial charge in [-0.1, -0.05) is 13.2 Å². The first-order chi connectivity index (χ1) is 5.25. The van der Waals surface area contributed by atoms with Gasteiger partial charge in [-0.25, -0.2) is 0 Å². The molecule has 0 aromatic heterocycles. The third-order valence-corrected chi connectivity index (χ3v) is 1.63. The second-order valence-corrected chi connectivity index (χ2v) is 2.82. The minimum Gasteiger partial charge on any atom is -0.507 e. The average Bonchev–Trinajstić information content (AvgIpc) is 1.85. The molecular weight excluding hydrogens is 237 g/mol. The van der Waals surface area contributed by atoms with Crippen molar-refractivity contribution in [3.63, 3.8) is 0 Å². The first kappa shape index (κ1) is 11.3. The zero-order valence-corrected chi connectivity index (χ0v) is 7.54. The molecular formula is C7H6BrF3O. The summed E-state index contributed by atoms with van der Waals surface area (Å²) in [5.41, 5.74) is -1.05. The number of halogens is 4. The van der Waals surface area contributed by atoms with Gasteiger partial charge in [0.05, 0.1) is 4.48 Å². The summed E-state index contributed by atoms with van der Waals surface area (Å²) in [6.45, 7) is 5.79. The molecule has 0 amide bonds. The fourth-order valence-electron chi connectivity index (χ4n) is 0.318. The zero-order chi connectivity index (χ0) is 9.94. The van der Waals surface area contributed by atoms with Gasteiger partial charge in [0, 0.05) is 5.57 Å². The van der Waals surface area contributed by atoms with Crippen LogP contribution in [-0.2, 0) is 0 Å². The number of aliphatic hydroxyl groups is 1. The topological polar surface area (TPSA) is 20.2 Å².